The van der Waals surface area contributed by atoms with Gasteiger partial charge in [-0.2, -0.15) is 0 Å². The predicted octanol–water partition coefficient (Wildman–Crippen LogP) is 5.63. The van der Waals surface area contributed by atoms with Gasteiger partial charge in [-0.05, 0) is 47.0 Å². The zero-order chi connectivity index (χ0) is 29.5. The lowest BCUT2D eigenvalue weighted by atomic mass is 10.0. The van der Waals surface area contributed by atoms with E-state index in [2.05, 4.69) is 15.6 Å². The van der Waals surface area contributed by atoms with Crippen molar-refractivity contribution in [1.82, 2.24) is 15.6 Å². The number of benzene rings is 2. The Hall–Kier alpha value is -3.35. The fourth-order valence-corrected chi connectivity index (χ4v) is 8.10. The van der Waals surface area contributed by atoms with E-state index >= 15 is 0 Å². The van der Waals surface area contributed by atoms with Crippen molar-refractivity contribution in [1.29, 1.82) is 0 Å². The normalized spacial score (nSPS) is 14.2. The number of rotatable bonds is 14. The van der Waals surface area contributed by atoms with Gasteiger partial charge in [0.2, 0.25) is 11.8 Å². The number of hydrogen-bond donors (Lipinski definition) is 3. The van der Waals surface area contributed by atoms with Gasteiger partial charge in [-0.1, -0.05) is 67.9 Å². The van der Waals surface area contributed by atoms with Crippen LogP contribution in [-0.2, 0) is 20.4 Å². The van der Waals surface area contributed by atoms with Crippen molar-refractivity contribution in [2.24, 2.45) is 0 Å². The molecule has 0 aliphatic rings. The number of oxazole rings is 1. The number of nitrogens with zero attached hydrogens (tertiary/aromatic N) is 1. The van der Waals surface area contributed by atoms with E-state index in [1.54, 1.807) is 36.4 Å². The van der Waals surface area contributed by atoms with E-state index in [1.165, 1.54) is 22.7 Å². The Labute approximate surface area is 253 Å². The van der Waals surface area contributed by atoms with Gasteiger partial charge in [0.25, 0.3) is 0 Å². The largest absolute Gasteiger partial charge is 0.438 e. The van der Waals surface area contributed by atoms with Gasteiger partial charge in [0.15, 0.2) is 21.5 Å². The number of para-hydroxylation sites is 2. The smallest absolute Gasteiger partial charge is 0.238 e. The highest BCUT2D eigenvalue weighted by Gasteiger charge is 2.33. The summed E-state index contributed by atoms with van der Waals surface area (Å²) in [5, 5.41) is 21.4. The molecule has 0 saturated carbocycles. The summed E-state index contributed by atoms with van der Waals surface area (Å²) in [6.07, 6.45) is -0.109. The first-order chi connectivity index (χ1) is 20.3. The summed E-state index contributed by atoms with van der Waals surface area (Å²) in [7, 11) is -3.71. The lowest BCUT2D eigenvalue weighted by molar-refractivity contribution is -0.124. The van der Waals surface area contributed by atoms with E-state index in [0.717, 1.165) is 9.75 Å². The molecule has 0 fully saturated rings. The molecule has 5 aromatic rings. The standard InChI is InChI=1S/C31H33N3O5S3/c1-2-10-23(29(35)31-34-22-13-6-7-14-25(22)39-31)33-30(36)24(20-42(37,38)19-21-11-4-3-5-12-21)32-28(26-15-8-17-40-26)27-16-9-18-41-27/h3-9,11-18,23-24,28-29,32,35H,2,10,19-20H2,1H3,(H,33,36)/t23-,24?,29?/m0/s1. The van der Waals surface area contributed by atoms with E-state index in [1.807, 2.05) is 60.1 Å². The molecule has 3 heterocycles. The maximum Gasteiger partial charge on any atom is 0.238 e. The number of aliphatic hydroxyl groups excluding tert-OH is 1. The Kier molecular flexibility index (Phi) is 9.86. The van der Waals surface area contributed by atoms with Crippen molar-refractivity contribution in [3.63, 3.8) is 0 Å². The van der Waals surface area contributed by atoms with E-state index in [4.69, 9.17) is 4.42 Å². The van der Waals surface area contributed by atoms with Gasteiger partial charge in [0.1, 0.15) is 11.6 Å². The van der Waals surface area contributed by atoms with Crippen LogP contribution < -0.4 is 10.6 Å². The summed E-state index contributed by atoms with van der Waals surface area (Å²) < 4.78 is 32.7. The molecule has 1 amide bonds. The molecule has 0 bridgehead atoms. The molecule has 0 aliphatic carbocycles. The number of aromatic nitrogens is 1. The van der Waals surface area contributed by atoms with Crippen molar-refractivity contribution < 1.29 is 22.7 Å². The number of carbonyl (C=O) groups is 1. The number of amides is 1. The van der Waals surface area contributed by atoms with Crippen molar-refractivity contribution >= 4 is 49.5 Å². The molecule has 0 spiro atoms. The van der Waals surface area contributed by atoms with Crippen molar-refractivity contribution in [2.75, 3.05) is 5.75 Å². The SMILES string of the molecule is CCC[C@H](NC(=O)C(CS(=O)(=O)Cc1ccccc1)NC(c1cccs1)c1cccs1)C(O)c1nc2ccccc2o1. The molecule has 2 aromatic carbocycles. The topological polar surface area (TPSA) is 122 Å². The van der Waals surface area contributed by atoms with Gasteiger partial charge in [-0.25, -0.2) is 13.4 Å². The highest BCUT2D eigenvalue weighted by Crippen LogP contribution is 2.30. The third kappa shape index (κ3) is 7.53. The summed E-state index contributed by atoms with van der Waals surface area (Å²) in [5.74, 6) is -1.02. The zero-order valence-corrected chi connectivity index (χ0v) is 25.5. The first-order valence-corrected chi connectivity index (χ1v) is 17.3. The summed E-state index contributed by atoms with van der Waals surface area (Å²) in [5.41, 5.74) is 1.80. The van der Waals surface area contributed by atoms with Gasteiger partial charge in [-0.15, -0.1) is 22.7 Å². The number of aliphatic hydroxyl groups is 1. The fourth-order valence-electron chi connectivity index (χ4n) is 4.85. The highest BCUT2D eigenvalue weighted by molar-refractivity contribution is 7.90. The van der Waals surface area contributed by atoms with E-state index < -0.39 is 39.7 Å². The predicted molar refractivity (Wildman–Crippen MR) is 167 cm³/mol. The van der Waals surface area contributed by atoms with Crippen LogP contribution in [0.4, 0.5) is 0 Å². The van der Waals surface area contributed by atoms with Crippen molar-refractivity contribution in [2.45, 2.75) is 49.7 Å². The molecule has 0 saturated heterocycles. The lowest BCUT2D eigenvalue weighted by Crippen LogP contribution is -2.53. The van der Waals surface area contributed by atoms with Gasteiger partial charge in [0.05, 0.1) is 23.6 Å². The Morgan fingerprint density at radius 3 is 2.24 bits per heavy atom. The first-order valence-electron chi connectivity index (χ1n) is 13.7. The van der Waals surface area contributed by atoms with Crippen LogP contribution in [0.5, 0.6) is 0 Å². The molecular weight excluding hydrogens is 591 g/mol. The zero-order valence-electron chi connectivity index (χ0n) is 23.1. The summed E-state index contributed by atoms with van der Waals surface area (Å²) in [6, 6.07) is 21.7. The summed E-state index contributed by atoms with van der Waals surface area (Å²) >= 11 is 3.06. The second kappa shape index (κ2) is 13.7. The Morgan fingerprint density at radius 1 is 0.952 bits per heavy atom. The second-order valence-corrected chi connectivity index (χ2v) is 14.2. The average molecular weight is 624 g/mol. The minimum atomic E-state index is -3.71. The Balaban J connectivity index is 1.42. The van der Waals surface area contributed by atoms with Crippen LogP contribution in [0.3, 0.4) is 0 Å². The molecule has 2 unspecified atom stereocenters. The van der Waals surface area contributed by atoms with Crippen LogP contribution in [0.2, 0.25) is 0 Å². The molecule has 3 atom stereocenters. The van der Waals surface area contributed by atoms with Crippen LogP contribution in [0, 0.1) is 0 Å². The van der Waals surface area contributed by atoms with Gasteiger partial charge in [-0.3, -0.25) is 10.1 Å². The van der Waals surface area contributed by atoms with Crippen LogP contribution >= 0.6 is 22.7 Å². The molecule has 0 radical (unpaired) electrons. The number of thiophene rings is 2. The number of nitrogens with one attached hydrogen (secondary N) is 2. The fraction of sp³-hybridized carbons (Fsp3) is 0.290. The van der Waals surface area contributed by atoms with Crippen molar-refractivity contribution in [3.05, 3.63) is 111 Å². The lowest BCUT2D eigenvalue weighted by Gasteiger charge is -2.28. The van der Waals surface area contributed by atoms with Gasteiger partial charge < -0.3 is 14.8 Å². The van der Waals surface area contributed by atoms with Crippen LogP contribution in [-0.4, -0.2) is 42.3 Å². The molecular formula is C31H33N3O5S3. The number of fused-ring (bicyclic) bond motifs is 1. The molecule has 11 heteroatoms. The maximum absolute atomic E-state index is 13.9. The van der Waals surface area contributed by atoms with Crippen LogP contribution in [0.15, 0.2) is 94.0 Å². The second-order valence-electron chi connectivity index (χ2n) is 10.1. The van der Waals surface area contributed by atoms with Crippen molar-refractivity contribution in [3.8, 4) is 0 Å². The Bertz CT molecular complexity index is 1600. The van der Waals surface area contributed by atoms with E-state index in [0.29, 0.717) is 29.5 Å². The first kappa shape index (κ1) is 30.1. The third-order valence-electron chi connectivity index (χ3n) is 6.86. The van der Waals surface area contributed by atoms with Crippen LogP contribution in [0.1, 0.15) is 53.1 Å². The monoisotopic (exact) mass is 623 g/mol. The number of hydrogen-bond acceptors (Lipinski definition) is 9. The van der Waals surface area contributed by atoms with Gasteiger partial charge in [0, 0.05) is 9.75 Å². The summed E-state index contributed by atoms with van der Waals surface area (Å²) in [4.78, 5) is 20.3. The minimum Gasteiger partial charge on any atom is -0.438 e. The number of sulfone groups is 1. The molecule has 3 N–H and O–H groups in total. The average Bonchev–Trinajstić information content (AvgIpc) is 3.77. The molecule has 8 nitrogen and oxygen atoms in total. The summed E-state index contributed by atoms with van der Waals surface area (Å²) in [6.45, 7) is 1.95. The van der Waals surface area contributed by atoms with Gasteiger partial charge >= 0.3 is 0 Å². The highest BCUT2D eigenvalue weighted by atomic mass is 32.2. The molecule has 42 heavy (non-hydrogen) atoms. The molecule has 3 aromatic heterocycles. The van der Waals surface area contributed by atoms with Crippen LogP contribution in [0.25, 0.3) is 11.1 Å². The van der Waals surface area contributed by atoms with E-state index in [9.17, 15) is 18.3 Å². The third-order valence-corrected chi connectivity index (χ3v) is 10.4. The van der Waals surface area contributed by atoms with E-state index in [-0.39, 0.29) is 17.7 Å². The molecule has 220 valence electrons. The Morgan fingerprint density at radius 2 is 1.62 bits per heavy atom. The molecule has 0 aliphatic heterocycles. The number of carbonyl (C=O) groups excluding carboxylic acids is 1. The minimum absolute atomic E-state index is 0.103. The quantitative estimate of drug-likeness (QED) is 0.147. The maximum atomic E-state index is 13.9. The molecule has 5 rings (SSSR count).